The third-order valence-electron chi connectivity index (χ3n) is 3.31. The third-order valence-corrected chi connectivity index (χ3v) is 3.31. The van der Waals surface area contributed by atoms with Crippen LogP contribution in [0.25, 0.3) is 0 Å². The minimum absolute atomic E-state index is 0.0448. The molecular formula is C16H24FN3O2. The summed E-state index contributed by atoms with van der Waals surface area (Å²) in [7, 11) is 0. The fraction of sp³-hybridized carbons (Fsp3) is 0.500. The van der Waals surface area contributed by atoms with Gasteiger partial charge < -0.3 is 16.0 Å². The summed E-state index contributed by atoms with van der Waals surface area (Å²) < 4.78 is 12.0. The third kappa shape index (κ3) is 6.11. The van der Waals surface area contributed by atoms with Gasteiger partial charge in [0, 0.05) is 13.1 Å². The lowest BCUT2D eigenvalue weighted by Gasteiger charge is -2.17. The molecule has 0 fully saturated rings. The van der Waals surface area contributed by atoms with Crippen molar-refractivity contribution in [2.24, 2.45) is 0 Å². The Balaban J connectivity index is 2.37. The Morgan fingerprint density at radius 1 is 1.23 bits per heavy atom. The van der Waals surface area contributed by atoms with Gasteiger partial charge in [0.1, 0.15) is 12.7 Å². The normalized spacial score (nSPS) is 13.1. The molecule has 0 heterocycles. The van der Waals surface area contributed by atoms with Gasteiger partial charge in [0.15, 0.2) is 0 Å². The number of hydrogen-bond donors (Lipinski definition) is 3. The summed E-state index contributed by atoms with van der Waals surface area (Å²) in [6, 6.07) is 6.98. The minimum Gasteiger partial charge on any atom is -0.352 e. The standard InChI is InChI=1S/C16H24FN3O2/c1-11-5-4-6-14(9-11)12(2)10-19-16(22)20-13(3)15(21)18-8-7-17/h4-6,9,12-13H,7-8,10H2,1-3H3,(H,18,21)(H2,19,20,22)/t12-,13-/m0/s1. The van der Waals surface area contributed by atoms with Gasteiger partial charge in [-0.15, -0.1) is 0 Å². The van der Waals surface area contributed by atoms with Gasteiger partial charge in [-0.2, -0.15) is 0 Å². The second kappa shape index (κ2) is 9.02. The average molecular weight is 309 g/mol. The van der Waals surface area contributed by atoms with E-state index >= 15 is 0 Å². The van der Waals surface area contributed by atoms with Crippen LogP contribution in [0, 0.1) is 6.92 Å². The first-order valence-electron chi connectivity index (χ1n) is 7.38. The summed E-state index contributed by atoms with van der Waals surface area (Å²) in [5.41, 5.74) is 2.32. The van der Waals surface area contributed by atoms with E-state index < -0.39 is 24.7 Å². The zero-order chi connectivity index (χ0) is 16.5. The van der Waals surface area contributed by atoms with Crippen LogP contribution < -0.4 is 16.0 Å². The molecule has 0 unspecified atom stereocenters. The summed E-state index contributed by atoms with van der Waals surface area (Å²) in [6.45, 7) is 5.39. The van der Waals surface area contributed by atoms with Gasteiger partial charge in [0.05, 0.1) is 0 Å². The highest BCUT2D eigenvalue weighted by molar-refractivity contribution is 5.86. The van der Waals surface area contributed by atoms with E-state index in [0.717, 1.165) is 5.56 Å². The lowest BCUT2D eigenvalue weighted by Crippen LogP contribution is -2.49. The van der Waals surface area contributed by atoms with Crippen LogP contribution in [-0.4, -0.2) is 37.7 Å². The van der Waals surface area contributed by atoms with Crippen LogP contribution in [0.5, 0.6) is 0 Å². The number of aryl methyl sites for hydroxylation is 1. The summed E-state index contributed by atoms with van der Waals surface area (Å²) in [6.07, 6.45) is 0. The Morgan fingerprint density at radius 2 is 1.95 bits per heavy atom. The fourth-order valence-corrected chi connectivity index (χ4v) is 1.98. The van der Waals surface area contributed by atoms with Crippen molar-refractivity contribution in [2.75, 3.05) is 19.8 Å². The molecular weight excluding hydrogens is 285 g/mol. The van der Waals surface area contributed by atoms with Crippen molar-refractivity contribution in [2.45, 2.75) is 32.7 Å². The topological polar surface area (TPSA) is 70.2 Å². The Kier molecular flexibility index (Phi) is 7.36. The zero-order valence-electron chi connectivity index (χ0n) is 13.3. The molecule has 1 rings (SSSR count). The van der Waals surface area contributed by atoms with Crippen LogP contribution in [0.1, 0.15) is 30.9 Å². The first-order valence-corrected chi connectivity index (χ1v) is 7.38. The molecule has 0 saturated heterocycles. The van der Waals surface area contributed by atoms with Crippen LogP contribution in [0.2, 0.25) is 0 Å². The van der Waals surface area contributed by atoms with E-state index in [0.29, 0.717) is 6.54 Å². The number of halogens is 1. The van der Waals surface area contributed by atoms with Crippen LogP contribution >= 0.6 is 0 Å². The van der Waals surface area contributed by atoms with Crippen LogP contribution in [-0.2, 0) is 4.79 Å². The van der Waals surface area contributed by atoms with Crippen molar-refractivity contribution in [1.29, 1.82) is 0 Å². The molecule has 6 heteroatoms. The average Bonchev–Trinajstić information content (AvgIpc) is 2.50. The monoisotopic (exact) mass is 309 g/mol. The van der Waals surface area contributed by atoms with Crippen molar-refractivity contribution in [1.82, 2.24) is 16.0 Å². The van der Waals surface area contributed by atoms with Crippen LogP contribution in [0.4, 0.5) is 9.18 Å². The number of alkyl halides is 1. The quantitative estimate of drug-likeness (QED) is 0.719. The predicted octanol–water partition coefficient (Wildman–Crippen LogP) is 1.87. The number of benzene rings is 1. The highest BCUT2D eigenvalue weighted by atomic mass is 19.1. The molecule has 1 aromatic carbocycles. The van der Waals surface area contributed by atoms with Crippen molar-refractivity contribution < 1.29 is 14.0 Å². The van der Waals surface area contributed by atoms with Gasteiger partial charge in [0.2, 0.25) is 5.91 Å². The summed E-state index contributed by atoms with van der Waals surface area (Å²) in [4.78, 5) is 23.3. The predicted molar refractivity (Wildman–Crippen MR) is 84.6 cm³/mol. The molecule has 0 aromatic heterocycles. The maximum atomic E-state index is 12.0. The number of carbonyl (C=O) groups is 2. The lowest BCUT2D eigenvalue weighted by molar-refractivity contribution is -0.122. The second-order valence-electron chi connectivity index (χ2n) is 5.37. The maximum Gasteiger partial charge on any atom is 0.315 e. The maximum absolute atomic E-state index is 12.0. The zero-order valence-corrected chi connectivity index (χ0v) is 13.3. The van der Waals surface area contributed by atoms with Gasteiger partial charge in [-0.3, -0.25) is 4.79 Å². The molecule has 0 bridgehead atoms. The van der Waals surface area contributed by atoms with E-state index in [2.05, 4.69) is 22.0 Å². The van der Waals surface area contributed by atoms with E-state index in [1.54, 1.807) is 6.92 Å². The van der Waals surface area contributed by atoms with E-state index in [-0.39, 0.29) is 12.5 Å². The van der Waals surface area contributed by atoms with Gasteiger partial charge in [0.25, 0.3) is 0 Å². The second-order valence-corrected chi connectivity index (χ2v) is 5.37. The Bertz CT molecular complexity index is 508. The van der Waals surface area contributed by atoms with Gasteiger partial charge in [-0.25, -0.2) is 9.18 Å². The van der Waals surface area contributed by atoms with Gasteiger partial charge >= 0.3 is 6.03 Å². The van der Waals surface area contributed by atoms with Gasteiger partial charge in [-0.1, -0.05) is 36.8 Å². The van der Waals surface area contributed by atoms with E-state index in [4.69, 9.17) is 0 Å². The molecule has 22 heavy (non-hydrogen) atoms. The molecule has 0 aliphatic heterocycles. The molecule has 5 nitrogen and oxygen atoms in total. The number of hydrogen-bond acceptors (Lipinski definition) is 2. The van der Waals surface area contributed by atoms with Crippen molar-refractivity contribution in [3.8, 4) is 0 Å². The number of carbonyl (C=O) groups excluding carboxylic acids is 2. The van der Waals surface area contributed by atoms with Gasteiger partial charge in [-0.05, 0) is 25.3 Å². The molecule has 1 aromatic rings. The molecule has 0 spiro atoms. The van der Waals surface area contributed by atoms with E-state index in [1.165, 1.54) is 5.56 Å². The Labute approximate surface area is 130 Å². The number of nitrogens with one attached hydrogen (secondary N) is 3. The number of amides is 3. The molecule has 0 aliphatic carbocycles. The van der Waals surface area contributed by atoms with E-state index in [9.17, 15) is 14.0 Å². The molecule has 0 radical (unpaired) electrons. The molecule has 122 valence electrons. The van der Waals surface area contributed by atoms with Crippen LogP contribution in [0.3, 0.4) is 0 Å². The first kappa shape index (κ1) is 17.9. The first-order chi connectivity index (χ1) is 10.4. The highest BCUT2D eigenvalue weighted by Crippen LogP contribution is 2.15. The smallest absolute Gasteiger partial charge is 0.315 e. The largest absolute Gasteiger partial charge is 0.352 e. The fourth-order valence-electron chi connectivity index (χ4n) is 1.98. The highest BCUT2D eigenvalue weighted by Gasteiger charge is 2.15. The van der Waals surface area contributed by atoms with Crippen molar-refractivity contribution >= 4 is 11.9 Å². The lowest BCUT2D eigenvalue weighted by atomic mass is 9.99. The Hall–Kier alpha value is -2.11. The van der Waals surface area contributed by atoms with Crippen LogP contribution in [0.15, 0.2) is 24.3 Å². The summed E-state index contributed by atoms with van der Waals surface area (Å²) in [5.74, 6) is -0.235. The molecule has 0 aliphatic rings. The van der Waals surface area contributed by atoms with E-state index in [1.807, 2.05) is 32.0 Å². The molecule has 3 amide bonds. The number of rotatable bonds is 7. The molecule has 2 atom stereocenters. The Morgan fingerprint density at radius 3 is 2.59 bits per heavy atom. The van der Waals surface area contributed by atoms with Crippen molar-refractivity contribution in [3.05, 3.63) is 35.4 Å². The summed E-state index contributed by atoms with van der Waals surface area (Å²) in [5, 5.41) is 7.64. The number of urea groups is 1. The molecule has 0 saturated carbocycles. The molecule has 3 N–H and O–H groups in total. The minimum atomic E-state index is -0.708. The van der Waals surface area contributed by atoms with Crippen molar-refractivity contribution in [3.63, 3.8) is 0 Å². The SMILES string of the molecule is Cc1cccc([C@@H](C)CNC(=O)N[C@@H](C)C(=O)NCCF)c1. The summed E-state index contributed by atoms with van der Waals surface area (Å²) >= 11 is 0.